The van der Waals surface area contributed by atoms with Crippen LogP contribution in [0.3, 0.4) is 0 Å². The van der Waals surface area contributed by atoms with Crippen molar-refractivity contribution in [3.8, 4) is 5.00 Å². The molecule has 2 aromatic rings. The molecule has 0 saturated heterocycles. The second kappa shape index (κ2) is 3.30. The Hall–Kier alpha value is -1.16. The zero-order chi connectivity index (χ0) is 9.26. The minimum absolute atomic E-state index is 0.977. The van der Waals surface area contributed by atoms with Crippen LogP contribution >= 0.6 is 11.3 Å². The van der Waals surface area contributed by atoms with Crippen LogP contribution in [0, 0.1) is 6.92 Å². The monoisotopic (exact) mass is 193 g/mol. The number of aromatic nitrogens is 3. The molecule has 13 heavy (non-hydrogen) atoms. The molecule has 0 bridgehead atoms. The molecule has 0 aromatic carbocycles. The Morgan fingerprint density at radius 1 is 1.54 bits per heavy atom. The molecule has 0 atom stereocenters. The fraction of sp³-hybridized carbons (Fsp3) is 0.333. The van der Waals surface area contributed by atoms with E-state index in [1.165, 1.54) is 0 Å². The minimum atomic E-state index is 0.977. The van der Waals surface area contributed by atoms with E-state index in [4.69, 9.17) is 0 Å². The van der Waals surface area contributed by atoms with Gasteiger partial charge in [0, 0.05) is 6.20 Å². The molecule has 3 nitrogen and oxygen atoms in total. The van der Waals surface area contributed by atoms with E-state index < -0.39 is 0 Å². The number of nitrogens with zero attached hydrogens (tertiary/aromatic N) is 3. The van der Waals surface area contributed by atoms with Gasteiger partial charge in [-0.3, -0.25) is 0 Å². The first-order valence-electron chi connectivity index (χ1n) is 4.27. The lowest BCUT2D eigenvalue weighted by molar-refractivity contribution is 0.852. The van der Waals surface area contributed by atoms with E-state index in [2.05, 4.69) is 17.0 Å². The molecular formula is C9H11N3S. The Kier molecular flexibility index (Phi) is 2.14. The number of hydrogen-bond acceptors (Lipinski definition) is 3. The molecule has 0 N–H and O–H groups in total. The van der Waals surface area contributed by atoms with Gasteiger partial charge in [0.2, 0.25) is 0 Å². The summed E-state index contributed by atoms with van der Waals surface area (Å²) in [4.78, 5) is 4.19. The molecule has 0 saturated carbocycles. The molecule has 0 aliphatic rings. The number of rotatable bonds is 2. The SMILES string of the molecule is CCc1ccn(-c2cnc(C)s2)n1. The van der Waals surface area contributed by atoms with Gasteiger partial charge in [0.05, 0.1) is 16.9 Å². The highest BCUT2D eigenvalue weighted by molar-refractivity contribution is 7.14. The molecule has 2 aromatic heterocycles. The van der Waals surface area contributed by atoms with E-state index in [0.29, 0.717) is 0 Å². The predicted molar refractivity (Wildman–Crippen MR) is 53.4 cm³/mol. The summed E-state index contributed by atoms with van der Waals surface area (Å²) in [5, 5.41) is 6.55. The maximum absolute atomic E-state index is 4.40. The number of hydrogen-bond donors (Lipinski definition) is 0. The normalized spacial score (nSPS) is 10.6. The van der Waals surface area contributed by atoms with Crippen LogP contribution in [0.5, 0.6) is 0 Å². The van der Waals surface area contributed by atoms with E-state index in [-0.39, 0.29) is 0 Å². The van der Waals surface area contributed by atoms with Gasteiger partial charge in [-0.15, -0.1) is 0 Å². The minimum Gasteiger partial charge on any atom is -0.248 e. The summed E-state index contributed by atoms with van der Waals surface area (Å²) < 4.78 is 1.88. The van der Waals surface area contributed by atoms with E-state index in [1.54, 1.807) is 11.3 Å². The van der Waals surface area contributed by atoms with Crippen LogP contribution in [0.4, 0.5) is 0 Å². The fourth-order valence-corrected chi connectivity index (χ4v) is 1.84. The molecule has 0 fully saturated rings. The summed E-state index contributed by atoms with van der Waals surface area (Å²) in [5.74, 6) is 0. The Labute approximate surface area is 81.1 Å². The molecule has 4 heteroatoms. The summed E-state index contributed by atoms with van der Waals surface area (Å²) in [7, 11) is 0. The first-order valence-corrected chi connectivity index (χ1v) is 5.08. The van der Waals surface area contributed by atoms with Gasteiger partial charge < -0.3 is 0 Å². The van der Waals surface area contributed by atoms with Gasteiger partial charge >= 0.3 is 0 Å². The Morgan fingerprint density at radius 3 is 2.92 bits per heavy atom. The van der Waals surface area contributed by atoms with Crippen molar-refractivity contribution in [1.82, 2.24) is 14.8 Å². The standard InChI is InChI=1S/C9H11N3S/c1-3-8-4-5-12(11-8)9-6-10-7(2)13-9/h4-6H,3H2,1-2H3. The van der Waals surface area contributed by atoms with Crippen LogP contribution in [0.25, 0.3) is 5.00 Å². The van der Waals surface area contributed by atoms with Gasteiger partial charge in [0.15, 0.2) is 0 Å². The third-order valence-electron chi connectivity index (χ3n) is 1.84. The molecule has 0 unspecified atom stereocenters. The number of aryl methyl sites for hydroxylation is 2. The summed E-state index contributed by atoms with van der Waals surface area (Å²) in [6.07, 6.45) is 4.81. The van der Waals surface area contributed by atoms with Gasteiger partial charge in [0.25, 0.3) is 0 Å². The van der Waals surface area contributed by atoms with Gasteiger partial charge in [-0.25, -0.2) is 9.67 Å². The van der Waals surface area contributed by atoms with Gasteiger partial charge in [-0.05, 0) is 19.4 Å². The van der Waals surface area contributed by atoms with E-state index in [9.17, 15) is 0 Å². The van der Waals surface area contributed by atoms with Gasteiger partial charge in [-0.1, -0.05) is 18.3 Å². The largest absolute Gasteiger partial charge is 0.248 e. The fourth-order valence-electron chi connectivity index (χ4n) is 1.13. The first-order chi connectivity index (χ1) is 6.29. The summed E-state index contributed by atoms with van der Waals surface area (Å²) >= 11 is 1.65. The van der Waals surface area contributed by atoms with Gasteiger partial charge in [0.1, 0.15) is 5.00 Å². The average molecular weight is 193 g/mol. The number of thiazole rings is 1. The summed E-state index contributed by atoms with van der Waals surface area (Å²) in [5.41, 5.74) is 1.12. The second-order valence-electron chi connectivity index (χ2n) is 2.82. The van der Waals surface area contributed by atoms with Crippen molar-refractivity contribution in [2.75, 3.05) is 0 Å². The lowest BCUT2D eigenvalue weighted by Crippen LogP contribution is -1.92. The molecule has 68 valence electrons. The summed E-state index contributed by atoms with van der Waals surface area (Å²) in [6.45, 7) is 4.10. The zero-order valence-electron chi connectivity index (χ0n) is 7.69. The molecule has 0 radical (unpaired) electrons. The van der Waals surface area contributed by atoms with Crippen LogP contribution in [0.2, 0.25) is 0 Å². The average Bonchev–Trinajstić information content (AvgIpc) is 2.71. The zero-order valence-corrected chi connectivity index (χ0v) is 8.51. The predicted octanol–water partition coefficient (Wildman–Crippen LogP) is 2.20. The van der Waals surface area contributed by atoms with Crippen LogP contribution < -0.4 is 0 Å². The van der Waals surface area contributed by atoms with Crippen molar-refractivity contribution in [3.63, 3.8) is 0 Å². The molecular weight excluding hydrogens is 182 g/mol. The Morgan fingerprint density at radius 2 is 2.38 bits per heavy atom. The van der Waals surface area contributed by atoms with Crippen LogP contribution in [0.15, 0.2) is 18.5 Å². The molecule has 0 aliphatic carbocycles. The lowest BCUT2D eigenvalue weighted by atomic mass is 10.4. The van der Waals surface area contributed by atoms with Crippen LogP contribution in [-0.2, 0) is 6.42 Å². The molecule has 2 heterocycles. The van der Waals surface area contributed by atoms with E-state index in [0.717, 1.165) is 22.1 Å². The second-order valence-corrected chi connectivity index (χ2v) is 4.04. The maximum atomic E-state index is 4.40. The van der Waals surface area contributed by atoms with E-state index >= 15 is 0 Å². The van der Waals surface area contributed by atoms with E-state index in [1.807, 2.05) is 30.1 Å². The van der Waals surface area contributed by atoms with Crippen molar-refractivity contribution in [1.29, 1.82) is 0 Å². The third-order valence-corrected chi connectivity index (χ3v) is 2.74. The Bertz CT molecular complexity index is 402. The van der Waals surface area contributed by atoms with Crippen molar-refractivity contribution in [2.24, 2.45) is 0 Å². The van der Waals surface area contributed by atoms with Crippen molar-refractivity contribution < 1.29 is 0 Å². The smallest absolute Gasteiger partial charge is 0.137 e. The van der Waals surface area contributed by atoms with Crippen molar-refractivity contribution in [3.05, 3.63) is 29.2 Å². The molecule has 0 aliphatic heterocycles. The van der Waals surface area contributed by atoms with Crippen molar-refractivity contribution in [2.45, 2.75) is 20.3 Å². The maximum Gasteiger partial charge on any atom is 0.137 e. The first kappa shape index (κ1) is 8.44. The topological polar surface area (TPSA) is 30.7 Å². The van der Waals surface area contributed by atoms with Crippen LogP contribution in [0.1, 0.15) is 17.6 Å². The van der Waals surface area contributed by atoms with Crippen molar-refractivity contribution >= 4 is 11.3 Å². The lowest BCUT2D eigenvalue weighted by Gasteiger charge is -1.92. The highest BCUT2D eigenvalue weighted by Gasteiger charge is 2.02. The quantitative estimate of drug-likeness (QED) is 0.732. The summed E-state index contributed by atoms with van der Waals surface area (Å²) in [6, 6.07) is 2.04. The Balaban J connectivity index is 2.35. The highest BCUT2D eigenvalue weighted by atomic mass is 32.1. The van der Waals surface area contributed by atoms with Gasteiger partial charge in [-0.2, -0.15) is 5.10 Å². The molecule has 0 spiro atoms. The molecule has 0 amide bonds. The third kappa shape index (κ3) is 1.62. The highest BCUT2D eigenvalue weighted by Crippen LogP contribution is 2.16. The van der Waals surface area contributed by atoms with Crippen LogP contribution in [-0.4, -0.2) is 14.8 Å². The molecule has 2 rings (SSSR count).